The fourth-order valence-electron chi connectivity index (χ4n) is 3.28. The molecule has 4 nitrogen and oxygen atoms in total. The highest BCUT2D eigenvalue weighted by Crippen LogP contribution is 2.16. The van der Waals surface area contributed by atoms with Crippen LogP contribution >= 0.6 is 0 Å². The number of para-hydroxylation sites is 1. The Balaban J connectivity index is 1.71. The van der Waals surface area contributed by atoms with Gasteiger partial charge in [0.05, 0.1) is 0 Å². The minimum atomic E-state index is -0.604. The Kier molecular flexibility index (Phi) is 6.23. The van der Waals surface area contributed by atoms with Gasteiger partial charge in [0.1, 0.15) is 11.6 Å². The van der Waals surface area contributed by atoms with Crippen molar-refractivity contribution < 1.29 is 13.9 Å². The Bertz CT molecular complexity index is 717. The predicted octanol–water partition coefficient (Wildman–Crippen LogP) is 3.37. The first kappa shape index (κ1) is 18.4. The monoisotopic (exact) mass is 356 g/mol. The summed E-state index contributed by atoms with van der Waals surface area (Å²) >= 11 is 0. The van der Waals surface area contributed by atoms with Crippen LogP contribution in [0.25, 0.3) is 0 Å². The van der Waals surface area contributed by atoms with E-state index in [4.69, 9.17) is 4.74 Å². The third kappa shape index (κ3) is 5.05. The molecule has 0 bridgehead atoms. The highest BCUT2D eigenvalue weighted by molar-refractivity contribution is 5.81. The lowest BCUT2D eigenvalue weighted by Crippen LogP contribution is -2.45. The highest BCUT2D eigenvalue weighted by atomic mass is 19.1. The van der Waals surface area contributed by atoms with Crippen LogP contribution < -0.4 is 10.1 Å². The summed E-state index contributed by atoms with van der Waals surface area (Å²) in [5.41, 5.74) is 0.781. The second-order valence-electron chi connectivity index (χ2n) is 6.72. The van der Waals surface area contributed by atoms with Crippen LogP contribution in [0, 0.1) is 5.82 Å². The maximum Gasteiger partial charge on any atom is 0.263 e. The van der Waals surface area contributed by atoms with E-state index in [1.165, 1.54) is 12.1 Å². The van der Waals surface area contributed by atoms with E-state index in [0.717, 1.165) is 24.9 Å². The number of hydrogen-bond acceptors (Lipinski definition) is 3. The molecule has 2 aromatic carbocycles. The van der Waals surface area contributed by atoms with Crippen molar-refractivity contribution in [2.75, 3.05) is 13.1 Å². The first-order valence-electron chi connectivity index (χ1n) is 9.10. The minimum Gasteiger partial charge on any atom is -0.481 e. The molecular formula is C21H25FN2O2. The smallest absolute Gasteiger partial charge is 0.263 e. The van der Waals surface area contributed by atoms with E-state index in [9.17, 15) is 9.18 Å². The zero-order chi connectivity index (χ0) is 18.4. The van der Waals surface area contributed by atoms with E-state index < -0.39 is 6.10 Å². The molecule has 1 N–H and O–H groups in total. The van der Waals surface area contributed by atoms with Crippen LogP contribution in [0.5, 0.6) is 5.75 Å². The van der Waals surface area contributed by atoms with Crippen LogP contribution in [-0.2, 0) is 11.3 Å². The van der Waals surface area contributed by atoms with Gasteiger partial charge in [-0.1, -0.05) is 30.3 Å². The summed E-state index contributed by atoms with van der Waals surface area (Å²) in [6.45, 7) is 3.70. The molecule has 2 atom stereocenters. The molecule has 138 valence electrons. The summed E-state index contributed by atoms with van der Waals surface area (Å²) in [5.74, 6) is 0.285. The van der Waals surface area contributed by atoms with Gasteiger partial charge in [-0.3, -0.25) is 4.79 Å². The number of nitrogens with one attached hydrogen (secondary N) is 1. The van der Waals surface area contributed by atoms with Crippen LogP contribution in [0.2, 0.25) is 0 Å². The van der Waals surface area contributed by atoms with E-state index >= 15 is 0 Å². The van der Waals surface area contributed by atoms with E-state index in [-0.39, 0.29) is 17.8 Å². The second-order valence-corrected chi connectivity index (χ2v) is 6.72. The largest absolute Gasteiger partial charge is 0.481 e. The van der Waals surface area contributed by atoms with Crippen molar-refractivity contribution in [3.8, 4) is 5.75 Å². The summed E-state index contributed by atoms with van der Waals surface area (Å²) in [4.78, 5) is 14.8. The quantitative estimate of drug-likeness (QED) is 0.827. The molecule has 0 radical (unpaired) electrons. The van der Waals surface area contributed by atoms with Crippen molar-refractivity contribution in [2.45, 2.75) is 38.5 Å². The van der Waals surface area contributed by atoms with Crippen molar-refractivity contribution in [2.24, 2.45) is 0 Å². The van der Waals surface area contributed by atoms with Gasteiger partial charge in [0.15, 0.2) is 6.10 Å². The summed E-state index contributed by atoms with van der Waals surface area (Å²) in [6, 6.07) is 16.0. The van der Waals surface area contributed by atoms with Crippen LogP contribution in [0.3, 0.4) is 0 Å². The van der Waals surface area contributed by atoms with Crippen LogP contribution in [0.15, 0.2) is 54.6 Å². The summed E-state index contributed by atoms with van der Waals surface area (Å²) < 4.78 is 19.3. The fourth-order valence-corrected chi connectivity index (χ4v) is 3.28. The molecule has 1 aliphatic heterocycles. The lowest BCUT2D eigenvalue weighted by molar-refractivity contribution is -0.139. The first-order chi connectivity index (χ1) is 12.6. The maximum atomic E-state index is 13.5. The Morgan fingerprint density at radius 3 is 2.77 bits per heavy atom. The molecule has 0 aromatic heterocycles. The number of rotatable bonds is 7. The molecule has 1 aliphatic rings. The molecule has 1 amide bonds. The molecule has 5 heteroatoms. The standard InChI is InChI=1S/C21H25FN2O2/c1-16(26-20-10-3-2-4-11-20)21(25)24(15-19-9-6-12-23-19)14-17-7-5-8-18(22)13-17/h2-5,7-8,10-11,13,16,19,23H,6,9,12,14-15H2,1H3/t16?,19-/m1/s1. The van der Waals surface area contributed by atoms with Gasteiger partial charge in [0.25, 0.3) is 5.91 Å². The molecule has 1 saturated heterocycles. The number of carbonyl (C=O) groups is 1. The average molecular weight is 356 g/mol. The fraction of sp³-hybridized carbons (Fsp3) is 0.381. The number of benzene rings is 2. The lowest BCUT2D eigenvalue weighted by atomic mass is 10.1. The predicted molar refractivity (Wildman–Crippen MR) is 99.4 cm³/mol. The molecule has 0 aliphatic carbocycles. The number of halogens is 1. The zero-order valence-corrected chi connectivity index (χ0v) is 15.0. The third-order valence-electron chi connectivity index (χ3n) is 4.58. The van der Waals surface area contributed by atoms with E-state index in [1.54, 1.807) is 17.9 Å². The Hall–Kier alpha value is -2.40. The summed E-state index contributed by atoms with van der Waals surface area (Å²) in [7, 11) is 0. The number of amides is 1. The molecular weight excluding hydrogens is 331 g/mol. The number of carbonyl (C=O) groups excluding carboxylic acids is 1. The number of nitrogens with zero attached hydrogens (tertiary/aromatic N) is 1. The Morgan fingerprint density at radius 1 is 1.27 bits per heavy atom. The maximum absolute atomic E-state index is 13.5. The van der Waals surface area contributed by atoms with Gasteiger partial charge in [0, 0.05) is 19.1 Å². The Morgan fingerprint density at radius 2 is 2.08 bits per heavy atom. The second kappa shape index (κ2) is 8.81. The Labute approximate surface area is 154 Å². The molecule has 3 rings (SSSR count). The normalized spacial score (nSPS) is 17.7. The van der Waals surface area contributed by atoms with E-state index in [1.807, 2.05) is 36.4 Å². The molecule has 2 aromatic rings. The van der Waals surface area contributed by atoms with Crippen LogP contribution in [0.1, 0.15) is 25.3 Å². The molecule has 0 saturated carbocycles. The molecule has 1 fully saturated rings. The molecule has 0 spiro atoms. The first-order valence-corrected chi connectivity index (χ1v) is 9.10. The topological polar surface area (TPSA) is 41.6 Å². The number of ether oxygens (including phenoxy) is 1. The van der Waals surface area contributed by atoms with E-state index in [0.29, 0.717) is 18.8 Å². The van der Waals surface area contributed by atoms with Gasteiger partial charge in [-0.2, -0.15) is 0 Å². The van der Waals surface area contributed by atoms with E-state index in [2.05, 4.69) is 5.32 Å². The van der Waals surface area contributed by atoms with Crippen molar-refractivity contribution >= 4 is 5.91 Å². The molecule has 1 heterocycles. The molecule has 1 unspecified atom stereocenters. The lowest BCUT2D eigenvalue weighted by Gasteiger charge is -2.29. The summed E-state index contributed by atoms with van der Waals surface area (Å²) in [6.07, 6.45) is 1.55. The third-order valence-corrected chi connectivity index (χ3v) is 4.58. The van der Waals surface area contributed by atoms with Crippen LogP contribution in [-0.4, -0.2) is 36.0 Å². The van der Waals surface area contributed by atoms with Crippen molar-refractivity contribution in [3.05, 3.63) is 66.0 Å². The average Bonchev–Trinajstić information content (AvgIpc) is 3.14. The van der Waals surface area contributed by atoms with Gasteiger partial charge in [-0.05, 0) is 56.1 Å². The van der Waals surface area contributed by atoms with Crippen molar-refractivity contribution in [1.82, 2.24) is 10.2 Å². The SMILES string of the molecule is CC(Oc1ccccc1)C(=O)N(Cc1cccc(F)c1)C[C@H]1CCCN1. The van der Waals surface area contributed by atoms with Gasteiger partial charge >= 0.3 is 0 Å². The molecule has 26 heavy (non-hydrogen) atoms. The zero-order valence-electron chi connectivity index (χ0n) is 15.0. The summed E-state index contributed by atoms with van der Waals surface area (Å²) in [5, 5.41) is 3.42. The van der Waals surface area contributed by atoms with Gasteiger partial charge in [0.2, 0.25) is 0 Å². The van der Waals surface area contributed by atoms with Gasteiger partial charge < -0.3 is 15.0 Å². The van der Waals surface area contributed by atoms with Crippen LogP contribution in [0.4, 0.5) is 4.39 Å². The van der Waals surface area contributed by atoms with Crippen molar-refractivity contribution in [1.29, 1.82) is 0 Å². The number of hydrogen-bond donors (Lipinski definition) is 1. The van der Waals surface area contributed by atoms with Gasteiger partial charge in [-0.15, -0.1) is 0 Å². The van der Waals surface area contributed by atoms with Gasteiger partial charge in [-0.25, -0.2) is 4.39 Å². The van der Waals surface area contributed by atoms with Crippen molar-refractivity contribution in [3.63, 3.8) is 0 Å². The minimum absolute atomic E-state index is 0.0909. The highest BCUT2D eigenvalue weighted by Gasteiger charge is 2.26.